The summed E-state index contributed by atoms with van der Waals surface area (Å²) in [7, 11) is 0. The number of nitrogens with one attached hydrogen (secondary N) is 2. The maximum Gasteiger partial charge on any atom is 0.326 e. The van der Waals surface area contributed by atoms with Crippen LogP contribution in [0.1, 0.15) is 46.5 Å². The van der Waals surface area contributed by atoms with Crippen LogP contribution in [-0.4, -0.2) is 40.2 Å². The van der Waals surface area contributed by atoms with Crippen LogP contribution in [0.3, 0.4) is 0 Å². The molecule has 0 spiro atoms. The minimum absolute atomic E-state index is 0.0809. The van der Waals surface area contributed by atoms with Gasteiger partial charge in [-0.15, -0.1) is 0 Å². The van der Waals surface area contributed by atoms with Gasteiger partial charge in [-0.25, -0.2) is 9.59 Å². The van der Waals surface area contributed by atoms with E-state index in [1.165, 1.54) is 0 Å². The van der Waals surface area contributed by atoms with Crippen molar-refractivity contribution in [2.24, 2.45) is 5.92 Å². The number of hydrogen-bond donors (Lipinski definition) is 3. The van der Waals surface area contributed by atoms with Crippen molar-refractivity contribution in [3.8, 4) is 0 Å². The average Bonchev–Trinajstić information content (AvgIpc) is 2.82. The number of amides is 2. The van der Waals surface area contributed by atoms with Crippen LogP contribution in [0.2, 0.25) is 0 Å². The molecule has 5 nitrogen and oxygen atoms in total. The Morgan fingerprint density at radius 2 is 2.05 bits per heavy atom. The van der Waals surface area contributed by atoms with E-state index < -0.39 is 12.0 Å². The van der Waals surface area contributed by atoms with Crippen molar-refractivity contribution < 1.29 is 14.7 Å². The topological polar surface area (TPSA) is 78.4 Å². The Morgan fingerprint density at radius 3 is 2.60 bits per heavy atom. The van der Waals surface area contributed by atoms with E-state index >= 15 is 0 Å². The molecule has 1 aliphatic rings. The summed E-state index contributed by atoms with van der Waals surface area (Å²) >= 11 is 1.87. The molecule has 0 heterocycles. The Morgan fingerprint density at radius 1 is 1.35 bits per heavy atom. The van der Waals surface area contributed by atoms with Gasteiger partial charge in [0.05, 0.1) is 0 Å². The molecule has 116 valence electrons. The number of hydrogen-bond acceptors (Lipinski definition) is 3. The molecule has 3 unspecified atom stereocenters. The Balaban J connectivity index is 2.51. The highest BCUT2D eigenvalue weighted by Crippen LogP contribution is 2.29. The van der Waals surface area contributed by atoms with Gasteiger partial charge >= 0.3 is 12.0 Å². The van der Waals surface area contributed by atoms with E-state index in [-0.39, 0.29) is 18.0 Å². The van der Waals surface area contributed by atoms with Crippen LogP contribution in [0, 0.1) is 5.92 Å². The van der Waals surface area contributed by atoms with Gasteiger partial charge < -0.3 is 15.7 Å². The predicted molar refractivity (Wildman–Crippen MR) is 82.1 cm³/mol. The number of carboxylic acid groups (broad SMARTS) is 1. The second-order valence-corrected chi connectivity index (χ2v) is 6.87. The highest BCUT2D eigenvalue weighted by Gasteiger charge is 2.30. The number of thioether (sulfide) groups is 1. The predicted octanol–water partition coefficient (Wildman–Crippen LogP) is 2.46. The van der Waals surface area contributed by atoms with Crippen LogP contribution in [0.5, 0.6) is 0 Å². The minimum atomic E-state index is -0.972. The number of carbonyl (C=O) groups is 2. The zero-order chi connectivity index (χ0) is 15.1. The van der Waals surface area contributed by atoms with Gasteiger partial charge in [0.25, 0.3) is 0 Å². The quantitative estimate of drug-likeness (QED) is 0.675. The summed E-state index contributed by atoms with van der Waals surface area (Å²) < 4.78 is 0. The van der Waals surface area contributed by atoms with Crippen LogP contribution in [-0.2, 0) is 4.79 Å². The smallest absolute Gasteiger partial charge is 0.326 e. The average molecular weight is 302 g/mol. The molecule has 1 saturated carbocycles. The number of carbonyl (C=O) groups excluding carboxylic acids is 1. The highest BCUT2D eigenvalue weighted by atomic mass is 32.2. The lowest BCUT2D eigenvalue weighted by molar-refractivity contribution is -0.140. The van der Waals surface area contributed by atoms with Crippen molar-refractivity contribution in [3.05, 3.63) is 0 Å². The molecule has 2 amide bonds. The fourth-order valence-corrected chi connectivity index (χ4v) is 3.74. The molecule has 3 N–H and O–H groups in total. The van der Waals surface area contributed by atoms with Crippen LogP contribution in [0.25, 0.3) is 0 Å². The number of urea groups is 1. The Kier molecular flexibility index (Phi) is 7.19. The molecular formula is C14H26N2O3S. The molecular weight excluding hydrogens is 276 g/mol. The zero-order valence-electron chi connectivity index (χ0n) is 12.5. The molecule has 0 aliphatic heterocycles. The maximum atomic E-state index is 12.0. The van der Waals surface area contributed by atoms with E-state index in [1.54, 1.807) is 0 Å². The molecule has 0 radical (unpaired) electrons. The summed E-state index contributed by atoms with van der Waals surface area (Å²) in [6.45, 7) is 5.87. The molecule has 4 atom stereocenters. The minimum Gasteiger partial charge on any atom is -0.480 e. The first-order chi connectivity index (χ1) is 9.49. The van der Waals surface area contributed by atoms with E-state index in [0.717, 1.165) is 31.4 Å². The molecule has 0 aromatic carbocycles. The van der Waals surface area contributed by atoms with Crippen LogP contribution < -0.4 is 10.6 Å². The van der Waals surface area contributed by atoms with Gasteiger partial charge in [0.2, 0.25) is 0 Å². The zero-order valence-corrected chi connectivity index (χ0v) is 13.3. The Hall–Kier alpha value is -0.910. The summed E-state index contributed by atoms with van der Waals surface area (Å²) in [5.74, 6) is -0.0159. The van der Waals surface area contributed by atoms with Gasteiger partial charge in [-0.2, -0.15) is 11.8 Å². The van der Waals surface area contributed by atoms with Gasteiger partial charge in [-0.1, -0.05) is 33.6 Å². The molecule has 20 heavy (non-hydrogen) atoms. The summed E-state index contributed by atoms with van der Waals surface area (Å²) in [6.07, 6.45) is 3.94. The lowest BCUT2D eigenvalue weighted by Crippen LogP contribution is -2.52. The normalized spacial score (nSPS) is 24.9. The van der Waals surface area contributed by atoms with Gasteiger partial charge in [-0.3, -0.25) is 0 Å². The molecule has 0 aromatic heterocycles. The van der Waals surface area contributed by atoms with Crippen LogP contribution in [0.4, 0.5) is 4.79 Å². The van der Waals surface area contributed by atoms with Crippen molar-refractivity contribution in [2.75, 3.05) is 5.75 Å². The van der Waals surface area contributed by atoms with E-state index in [2.05, 4.69) is 17.6 Å². The molecule has 0 bridgehead atoms. The number of carboxylic acids is 1. The van der Waals surface area contributed by atoms with Crippen molar-refractivity contribution in [2.45, 2.75) is 63.8 Å². The Labute approximate surface area is 125 Å². The van der Waals surface area contributed by atoms with Gasteiger partial charge in [0, 0.05) is 11.3 Å². The Bertz CT molecular complexity index is 338. The fourth-order valence-electron chi connectivity index (χ4n) is 2.54. The number of aliphatic carboxylic acids is 1. The molecule has 1 fully saturated rings. The first kappa shape index (κ1) is 17.1. The van der Waals surface area contributed by atoms with Crippen molar-refractivity contribution in [3.63, 3.8) is 0 Å². The van der Waals surface area contributed by atoms with Crippen LogP contribution in [0.15, 0.2) is 0 Å². The van der Waals surface area contributed by atoms with Gasteiger partial charge in [0.15, 0.2) is 0 Å². The third-order valence-corrected chi connectivity index (χ3v) is 5.24. The van der Waals surface area contributed by atoms with Gasteiger partial charge in [-0.05, 0) is 24.5 Å². The monoisotopic (exact) mass is 302 g/mol. The van der Waals surface area contributed by atoms with Gasteiger partial charge in [0.1, 0.15) is 6.04 Å². The second kappa shape index (κ2) is 8.39. The van der Waals surface area contributed by atoms with Crippen LogP contribution >= 0.6 is 11.8 Å². The molecule has 0 aromatic rings. The van der Waals surface area contributed by atoms with Crippen molar-refractivity contribution >= 4 is 23.8 Å². The standard InChI is InChI=1S/C14H26N2O3S/c1-4-9(3)12(13(17)18)16-14(19)15-10-7-6-8-11(10)20-5-2/h9-12H,4-8H2,1-3H3,(H,17,18)(H2,15,16,19)/t9?,10?,11?,12-/m0/s1. The van der Waals surface area contributed by atoms with E-state index in [0.29, 0.717) is 5.25 Å². The first-order valence-corrected chi connectivity index (χ1v) is 8.45. The van der Waals surface area contributed by atoms with E-state index in [1.807, 2.05) is 25.6 Å². The second-order valence-electron chi connectivity index (χ2n) is 5.35. The lowest BCUT2D eigenvalue weighted by Gasteiger charge is -2.24. The SMILES string of the molecule is CCSC1CCCC1NC(=O)N[C@H](C(=O)O)C(C)CC. The largest absolute Gasteiger partial charge is 0.480 e. The fraction of sp³-hybridized carbons (Fsp3) is 0.857. The highest BCUT2D eigenvalue weighted by molar-refractivity contribution is 7.99. The number of rotatable bonds is 7. The maximum absolute atomic E-state index is 12.0. The summed E-state index contributed by atoms with van der Waals surface area (Å²) in [5.41, 5.74) is 0. The molecule has 6 heteroatoms. The summed E-state index contributed by atoms with van der Waals surface area (Å²) in [5, 5.41) is 15.2. The van der Waals surface area contributed by atoms with E-state index in [9.17, 15) is 14.7 Å². The molecule has 1 rings (SSSR count). The lowest BCUT2D eigenvalue weighted by atomic mass is 9.99. The first-order valence-electron chi connectivity index (χ1n) is 7.41. The summed E-state index contributed by atoms with van der Waals surface area (Å²) in [6, 6.07) is -1.02. The summed E-state index contributed by atoms with van der Waals surface area (Å²) in [4.78, 5) is 23.2. The molecule has 0 saturated heterocycles. The third kappa shape index (κ3) is 4.89. The van der Waals surface area contributed by atoms with E-state index in [4.69, 9.17) is 0 Å². The molecule has 1 aliphatic carbocycles. The third-order valence-electron chi connectivity index (χ3n) is 3.92. The van der Waals surface area contributed by atoms with Crippen molar-refractivity contribution in [1.29, 1.82) is 0 Å². The van der Waals surface area contributed by atoms with Crippen molar-refractivity contribution in [1.82, 2.24) is 10.6 Å².